The first-order chi connectivity index (χ1) is 9.91. The van der Waals surface area contributed by atoms with E-state index in [0.29, 0.717) is 19.3 Å². The molecular weight excluding hydrogens is 310 g/mol. The highest BCUT2D eigenvalue weighted by Crippen LogP contribution is 2.38. The van der Waals surface area contributed by atoms with E-state index in [9.17, 15) is 18.0 Å². The Bertz CT molecular complexity index is 536. The Morgan fingerprint density at radius 3 is 2.36 bits per heavy atom. The van der Waals surface area contributed by atoms with Gasteiger partial charge in [-0.3, -0.25) is 14.9 Å². The number of carbonyl (C=O) groups excluding carboxylic acids is 2. The molecule has 0 radical (unpaired) electrons. The lowest BCUT2D eigenvalue weighted by Crippen LogP contribution is -2.59. The smallest absolute Gasteiger partial charge is 0.327 e. The van der Waals surface area contributed by atoms with Crippen molar-refractivity contribution in [3.05, 3.63) is 0 Å². The van der Waals surface area contributed by atoms with Crippen LogP contribution in [0.15, 0.2) is 0 Å². The lowest BCUT2D eigenvalue weighted by Gasteiger charge is -2.35. The summed E-state index contributed by atoms with van der Waals surface area (Å²) in [5, 5.41) is 2.76. The van der Waals surface area contributed by atoms with Crippen LogP contribution in [0.25, 0.3) is 0 Å². The van der Waals surface area contributed by atoms with Crippen LogP contribution >= 0.6 is 0 Å². The summed E-state index contributed by atoms with van der Waals surface area (Å²) >= 11 is 0. The molecule has 1 aliphatic rings. The lowest BCUT2D eigenvalue weighted by atomic mass is 9.86. The van der Waals surface area contributed by atoms with Crippen LogP contribution in [0.3, 0.4) is 0 Å². The Balaban J connectivity index is 3.14. The van der Waals surface area contributed by atoms with Crippen LogP contribution in [-0.4, -0.2) is 50.7 Å². The molecule has 0 aromatic carbocycles. The lowest BCUT2D eigenvalue weighted by molar-refractivity contribution is -0.170. The summed E-state index contributed by atoms with van der Waals surface area (Å²) in [5.74, 6) is -2.31. The van der Waals surface area contributed by atoms with E-state index in [4.69, 9.17) is 9.47 Å². The fourth-order valence-corrected chi connectivity index (χ4v) is 3.14. The highest BCUT2D eigenvalue weighted by molar-refractivity contribution is 7.90. The first kappa shape index (κ1) is 18.9. The maximum Gasteiger partial charge on any atom is 0.327 e. The molecule has 7 nitrogen and oxygen atoms in total. The van der Waals surface area contributed by atoms with Crippen molar-refractivity contribution in [3.63, 3.8) is 0 Å². The molecule has 22 heavy (non-hydrogen) atoms. The van der Waals surface area contributed by atoms with Crippen molar-refractivity contribution >= 4 is 21.8 Å². The third-order valence-electron chi connectivity index (χ3n) is 3.56. The zero-order valence-electron chi connectivity index (χ0n) is 13.8. The normalized spacial score (nSPS) is 25.8. The van der Waals surface area contributed by atoms with E-state index < -0.39 is 44.7 Å². The highest BCUT2D eigenvalue weighted by Gasteiger charge is 2.55. The molecule has 1 N–H and O–H groups in total. The summed E-state index contributed by atoms with van der Waals surface area (Å²) in [6.07, 6.45) is 2.44. The van der Waals surface area contributed by atoms with Crippen molar-refractivity contribution in [3.8, 4) is 0 Å². The summed E-state index contributed by atoms with van der Waals surface area (Å²) < 4.78 is 33.1. The van der Waals surface area contributed by atoms with Gasteiger partial charge in [-0.1, -0.05) is 6.42 Å². The Kier molecular flexibility index (Phi) is 5.61. The van der Waals surface area contributed by atoms with Crippen molar-refractivity contribution in [2.24, 2.45) is 5.92 Å². The largest absolute Gasteiger partial charge is 0.469 e. The third-order valence-corrected chi connectivity index (χ3v) is 4.23. The molecule has 0 amide bonds. The van der Waals surface area contributed by atoms with E-state index in [1.165, 1.54) is 7.11 Å². The number of ether oxygens (including phenoxy) is 2. The standard InChI is InChI=1S/C14H25NO6S/c1-13(2,3)21-12(17)14(15-9-22(5,18)19)8-6-7-10(14)11(16)20-4/h10,15H,6-9H2,1-5H3. The average Bonchev–Trinajstić information content (AvgIpc) is 2.77. The number of sulfone groups is 1. The van der Waals surface area contributed by atoms with E-state index in [0.717, 1.165) is 6.26 Å². The van der Waals surface area contributed by atoms with Crippen molar-refractivity contribution < 1.29 is 27.5 Å². The van der Waals surface area contributed by atoms with E-state index in [1.54, 1.807) is 20.8 Å². The number of esters is 2. The van der Waals surface area contributed by atoms with E-state index >= 15 is 0 Å². The zero-order valence-corrected chi connectivity index (χ0v) is 14.6. The van der Waals surface area contributed by atoms with Gasteiger partial charge in [0, 0.05) is 6.26 Å². The molecule has 0 saturated heterocycles. The van der Waals surface area contributed by atoms with Crippen molar-refractivity contribution in [1.82, 2.24) is 5.32 Å². The predicted molar refractivity (Wildman–Crippen MR) is 80.8 cm³/mol. The maximum atomic E-state index is 12.6. The molecule has 128 valence electrons. The molecular formula is C14H25NO6S. The van der Waals surface area contributed by atoms with E-state index in [-0.39, 0.29) is 0 Å². The van der Waals surface area contributed by atoms with Gasteiger partial charge in [-0.2, -0.15) is 0 Å². The molecule has 0 spiro atoms. The van der Waals surface area contributed by atoms with Crippen LogP contribution in [0.4, 0.5) is 0 Å². The minimum atomic E-state index is -3.35. The minimum Gasteiger partial charge on any atom is -0.469 e. The molecule has 0 aromatic rings. The van der Waals surface area contributed by atoms with Crippen LogP contribution < -0.4 is 5.32 Å². The van der Waals surface area contributed by atoms with Crippen LogP contribution in [0.5, 0.6) is 0 Å². The first-order valence-corrected chi connectivity index (χ1v) is 9.21. The number of carbonyl (C=O) groups is 2. The van der Waals surface area contributed by atoms with Gasteiger partial charge in [0.2, 0.25) is 0 Å². The van der Waals surface area contributed by atoms with Gasteiger partial charge in [0.05, 0.1) is 18.9 Å². The first-order valence-electron chi connectivity index (χ1n) is 7.15. The van der Waals surface area contributed by atoms with Gasteiger partial charge in [-0.25, -0.2) is 8.42 Å². The number of nitrogens with one attached hydrogen (secondary N) is 1. The molecule has 1 saturated carbocycles. The summed E-state index contributed by atoms with van der Waals surface area (Å²) in [5.41, 5.74) is -2.09. The monoisotopic (exact) mass is 335 g/mol. The van der Waals surface area contributed by atoms with Gasteiger partial charge in [0.25, 0.3) is 0 Å². The zero-order chi connectivity index (χ0) is 17.2. The summed E-state index contributed by atoms with van der Waals surface area (Å²) in [4.78, 5) is 24.6. The highest BCUT2D eigenvalue weighted by atomic mass is 32.2. The molecule has 0 bridgehead atoms. The van der Waals surface area contributed by atoms with Crippen molar-refractivity contribution in [1.29, 1.82) is 0 Å². The topological polar surface area (TPSA) is 98.8 Å². The van der Waals surface area contributed by atoms with Crippen LogP contribution in [0, 0.1) is 5.92 Å². The molecule has 2 unspecified atom stereocenters. The Morgan fingerprint density at radius 2 is 1.91 bits per heavy atom. The molecule has 0 heterocycles. The average molecular weight is 335 g/mol. The molecule has 2 atom stereocenters. The summed E-state index contributed by atoms with van der Waals surface area (Å²) in [6.45, 7) is 5.16. The summed E-state index contributed by atoms with van der Waals surface area (Å²) in [6, 6.07) is 0. The third kappa shape index (κ3) is 4.67. The Labute approximate surface area is 131 Å². The number of hydrogen-bond donors (Lipinski definition) is 1. The van der Waals surface area contributed by atoms with Gasteiger partial charge >= 0.3 is 11.9 Å². The van der Waals surface area contributed by atoms with Crippen molar-refractivity contribution in [2.75, 3.05) is 19.2 Å². The van der Waals surface area contributed by atoms with Crippen LogP contribution in [0.1, 0.15) is 40.0 Å². The van der Waals surface area contributed by atoms with Gasteiger partial charge in [-0.05, 0) is 33.6 Å². The van der Waals surface area contributed by atoms with Gasteiger partial charge in [-0.15, -0.1) is 0 Å². The quantitative estimate of drug-likeness (QED) is 0.736. The van der Waals surface area contributed by atoms with Gasteiger partial charge < -0.3 is 9.47 Å². The molecule has 1 rings (SSSR count). The Morgan fingerprint density at radius 1 is 1.32 bits per heavy atom. The second-order valence-corrected chi connectivity index (χ2v) is 8.83. The van der Waals surface area contributed by atoms with Gasteiger partial charge in [0.15, 0.2) is 9.84 Å². The second kappa shape index (κ2) is 6.54. The molecule has 1 aliphatic carbocycles. The number of hydrogen-bond acceptors (Lipinski definition) is 7. The fourth-order valence-electron chi connectivity index (χ4n) is 2.62. The predicted octanol–water partition coefficient (Wildman–Crippen LogP) is 0.632. The van der Waals surface area contributed by atoms with Crippen LogP contribution in [0.2, 0.25) is 0 Å². The fraction of sp³-hybridized carbons (Fsp3) is 0.857. The molecule has 0 aromatic heterocycles. The maximum absolute atomic E-state index is 12.6. The molecule has 8 heteroatoms. The minimum absolute atomic E-state index is 0.331. The number of rotatable bonds is 5. The van der Waals surface area contributed by atoms with Crippen molar-refractivity contribution in [2.45, 2.75) is 51.2 Å². The Hall–Kier alpha value is -1.15. The second-order valence-electron chi connectivity index (χ2n) is 6.69. The van der Waals surface area contributed by atoms with Crippen LogP contribution in [-0.2, 0) is 28.9 Å². The molecule has 1 fully saturated rings. The van der Waals surface area contributed by atoms with E-state index in [1.807, 2.05) is 0 Å². The van der Waals surface area contributed by atoms with Gasteiger partial charge in [0.1, 0.15) is 11.1 Å². The number of methoxy groups -OCH3 is 1. The van der Waals surface area contributed by atoms with E-state index in [2.05, 4.69) is 5.32 Å². The SMILES string of the molecule is COC(=O)C1CCCC1(NCS(C)(=O)=O)C(=O)OC(C)(C)C. The summed E-state index contributed by atoms with van der Waals surface area (Å²) in [7, 11) is -2.11. The molecule has 0 aliphatic heterocycles.